The van der Waals surface area contributed by atoms with E-state index in [1.165, 1.54) is 38.4 Å². The Morgan fingerprint density at radius 3 is 2.45 bits per heavy atom. The number of hydrogen-bond acceptors (Lipinski definition) is 8. The highest BCUT2D eigenvalue weighted by molar-refractivity contribution is 5.98. The van der Waals surface area contributed by atoms with Gasteiger partial charge in [0, 0.05) is 25.1 Å². The number of rotatable bonds is 8. The van der Waals surface area contributed by atoms with E-state index in [4.69, 9.17) is 18.9 Å². The number of nitrogens with one attached hydrogen (secondary N) is 1. The van der Waals surface area contributed by atoms with Crippen molar-refractivity contribution in [1.29, 1.82) is 0 Å². The number of ether oxygens (including phenoxy) is 4. The number of aromatic nitrogens is 1. The normalized spacial score (nSPS) is 20.7. The van der Waals surface area contributed by atoms with Gasteiger partial charge in [-0.1, -0.05) is 29.8 Å². The summed E-state index contributed by atoms with van der Waals surface area (Å²) in [4.78, 5) is 42.4. The summed E-state index contributed by atoms with van der Waals surface area (Å²) in [5, 5.41) is 2.70. The van der Waals surface area contributed by atoms with Crippen molar-refractivity contribution in [2.24, 2.45) is 5.92 Å². The van der Waals surface area contributed by atoms with Gasteiger partial charge in [0.05, 0.1) is 7.11 Å². The van der Waals surface area contributed by atoms with Crippen LogP contribution in [-0.2, 0) is 20.7 Å². The Morgan fingerprint density at radius 2 is 1.79 bits per heavy atom. The highest BCUT2D eigenvalue weighted by atomic mass is 19.1. The van der Waals surface area contributed by atoms with Crippen LogP contribution >= 0.6 is 0 Å². The van der Waals surface area contributed by atoms with E-state index >= 15 is 0 Å². The lowest BCUT2D eigenvalue weighted by Crippen LogP contribution is -2.44. The van der Waals surface area contributed by atoms with Crippen LogP contribution in [0.2, 0.25) is 0 Å². The minimum atomic E-state index is -0.984. The van der Waals surface area contributed by atoms with Gasteiger partial charge in [-0.2, -0.15) is 0 Å². The molecule has 1 aromatic heterocycles. The van der Waals surface area contributed by atoms with Gasteiger partial charge < -0.3 is 24.3 Å². The number of cyclic esters (lactones) is 1. The van der Waals surface area contributed by atoms with Crippen LogP contribution in [-0.4, -0.2) is 48.2 Å². The lowest BCUT2D eigenvalue weighted by Gasteiger charge is -2.31. The molecule has 10 heteroatoms. The quantitative estimate of drug-likeness (QED) is 0.373. The molecule has 3 aromatic rings. The van der Waals surface area contributed by atoms with Crippen LogP contribution < -0.4 is 19.5 Å². The standard InChI is InChI=1S/C32H35FN2O7/c1-19-8-14-24(15-9-19)42-27-7-5-6-26(32(38)40-20(2)25(27)18-22-10-12-23(33)13-11-22)35-31(37)29-30(41-21(3)36)28(39-4)16-17-34-29/h8-17,20,25-27H,5-7,18H2,1-4H3,(H,35,37)/t20-,25-,26-,27-/m0/s1. The fraction of sp³-hybridized carbons (Fsp3) is 0.375. The van der Waals surface area contributed by atoms with Crippen molar-refractivity contribution in [1.82, 2.24) is 10.3 Å². The molecule has 4 rings (SSSR count). The Kier molecular flexibility index (Phi) is 10.1. The second-order valence-corrected chi connectivity index (χ2v) is 10.3. The molecule has 222 valence electrons. The zero-order valence-corrected chi connectivity index (χ0v) is 24.1. The SMILES string of the molecule is COc1ccnc(C(=O)N[C@H]2CCC[C@H](Oc3ccc(C)cc3)[C@@H](Cc3ccc(F)cc3)[C@H](C)OC2=O)c1OC(C)=O. The van der Waals surface area contributed by atoms with E-state index in [9.17, 15) is 18.8 Å². The monoisotopic (exact) mass is 578 g/mol. The number of pyridine rings is 1. The predicted molar refractivity (Wildman–Crippen MR) is 152 cm³/mol. The molecule has 0 aliphatic carbocycles. The minimum absolute atomic E-state index is 0.138. The van der Waals surface area contributed by atoms with Gasteiger partial charge in [-0.05, 0) is 69.4 Å². The maximum absolute atomic E-state index is 13.6. The Labute approximate surface area is 244 Å². The van der Waals surface area contributed by atoms with Crippen molar-refractivity contribution in [3.05, 3.63) is 83.4 Å². The Bertz CT molecular complexity index is 1390. The van der Waals surface area contributed by atoms with Gasteiger partial charge in [0.1, 0.15) is 29.8 Å². The third-order valence-electron chi connectivity index (χ3n) is 7.20. The lowest BCUT2D eigenvalue weighted by atomic mass is 9.87. The first-order chi connectivity index (χ1) is 20.1. The average Bonchev–Trinajstić information content (AvgIpc) is 3.00. The number of amides is 1. The summed E-state index contributed by atoms with van der Waals surface area (Å²) in [6.45, 7) is 4.99. The summed E-state index contributed by atoms with van der Waals surface area (Å²) in [5.74, 6) is -1.86. The number of carbonyl (C=O) groups excluding carboxylic acids is 3. The van der Waals surface area contributed by atoms with Crippen LogP contribution in [0.3, 0.4) is 0 Å². The van der Waals surface area contributed by atoms with Crippen LogP contribution in [0.4, 0.5) is 4.39 Å². The zero-order chi connectivity index (χ0) is 30.2. The molecule has 1 N–H and O–H groups in total. The van der Waals surface area contributed by atoms with Gasteiger partial charge in [0.2, 0.25) is 5.75 Å². The lowest BCUT2D eigenvalue weighted by molar-refractivity contribution is -0.154. The van der Waals surface area contributed by atoms with Gasteiger partial charge in [-0.15, -0.1) is 0 Å². The molecule has 1 fully saturated rings. The molecule has 0 unspecified atom stereocenters. The number of hydrogen-bond donors (Lipinski definition) is 1. The zero-order valence-electron chi connectivity index (χ0n) is 24.1. The van der Waals surface area contributed by atoms with Crippen LogP contribution in [0, 0.1) is 18.7 Å². The molecule has 0 saturated carbocycles. The smallest absolute Gasteiger partial charge is 0.328 e. The van der Waals surface area contributed by atoms with Gasteiger partial charge >= 0.3 is 11.9 Å². The molecule has 42 heavy (non-hydrogen) atoms. The highest BCUT2D eigenvalue weighted by Gasteiger charge is 2.36. The largest absolute Gasteiger partial charge is 0.493 e. The maximum atomic E-state index is 13.6. The number of aryl methyl sites for hydroxylation is 1. The maximum Gasteiger partial charge on any atom is 0.328 e. The highest BCUT2D eigenvalue weighted by Crippen LogP contribution is 2.31. The summed E-state index contributed by atoms with van der Waals surface area (Å²) < 4.78 is 36.4. The summed E-state index contributed by atoms with van der Waals surface area (Å²) in [5.41, 5.74) is 1.79. The summed E-state index contributed by atoms with van der Waals surface area (Å²) in [6, 6.07) is 14.4. The third kappa shape index (κ3) is 7.84. The Hall–Kier alpha value is -4.47. The van der Waals surface area contributed by atoms with Crippen molar-refractivity contribution < 1.29 is 37.7 Å². The van der Waals surface area contributed by atoms with E-state index < -0.39 is 30.0 Å². The van der Waals surface area contributed by atoms with Gasteiger partial charge in [-0.25, -0.2) is 14.2 Å². The molecular weight excluding hydrogens is 543 g/mol. The second-order valence-electron chi connectivity index (χ2n) is 10.3. The fourth-order valence-corrected chi connectivity index (χ4v) is 4.99. The molecule has 1 aliphatic heterocycles. The number of halogens is 1. The van der Waals surface area contributed by atoms with E-state index in [1.54, 1.807) is 19.1 Å². The molecule has 0 radical (unpaired) electrons. The molecule has 9 nitrogen and oxygen atoms in total. The van der Waals surface area contributed by atoms with Gasteiger partial charge in [-0.3, -0.25) is 9.59 Å². The van der Waals surface area contributed by atoms with Crippen molar-refractivity contribution in [3.63, 3.8) is 0 Å². The molecule has 0 spiro atoms. The van der Waals surface area contributed by atoms with Crippen molar-refractivity contribution in [3.8, 4) is 17.2 Å². The first-order valence-electron chi connectivity index (χ1n) is 13.8. The fourth-order valence-electron chi connectivity index (χ4n) is 4.99. The number of benzene rings is 2. The number of carbonyl (C=O) groups is 3. The minimum Gasteiger partial charge on any atom is -0.493 e. The molecule has 0 bridgehead atoms. The molecule has 2 heterocycles. The first-order valence-corrected chi connectivity index (χ1v) is 13.8. The number of nitrogens with zero attached hydrogens (tertiary/aromatic N) is 1. The molecular formula is C32H35FN2O7. The topological polar surface area (TPSA) is 113 Å². The average molecular weight is 579 g/mol. The van der Waals surface area contributed by atoms with Crippen molar-refractivity contribution in [2.75, 3.05) is 7.11 Å². The molecule has 2 aromatic carbocycles. The number of methoxy groups -OCH3 is 1. The van der Waals surface area contributed by atoms with E-state index in [0.29, 0.717) is 25.0 Å². The van der Waals surface area contributed by atoms with Crippen molar-refractivity contribution >= 4 is 17.8 Å². The Balaban J connectivity index is 1.57. The van der Waals surface area contributed by atoms with Crippen LogP contribution in [0.5, 0.6) is 17.2 Å². The van der Waals surface area contributed by atoms with Gasteiger partial charge in [0.25, 0.3) is 5.91 Å². The molecule has 1 saturated heterocycles. The molecule has 1 amide bonds. The molecule has 1 aliphatic rings. The van der Waals surface area contributed by atoms with Crippen LogP contribution in [0.1, 0.15) is 54.7 Å². The van der Waals surface area contributed by atoms with E-state index in [0.717, 1.165) is 11.1 Å². The predicted octanol–water partition coefficient (Wildman–Crippen LogP) is 4.98. The van der Waals surface area contributed by atoms with Crippen molar-refractivity contribution in [2.45, 2.75) is 64.7 Å². The summed E-state index contributed by atoms with van der Waals surface area (Å²) >= 11 is 0. The van der Waals surface area contributed by atoms with Crippen LogP contribution in [0.25, 0.3) is 0 Å². The summed E-state index contributed by atoms with van der Waals surface area (Å²) in [7, 11) is 1.37. The third-order valence-corrected chi connectivity index (χ3v) is 7.20. The van der Waals surface area contributed by atoms with Crippen LogP contribution in [0.15, 0.2) is 60.8 Å². The van der Waals surface area contributed by atoms with E-state index in [1.807, 2.05) is 31.2 Å². The second kappa shape index (κ2) is 13.9. The first kappa shape index (κ1) is 30.5. The molecule has 4 atom stereocenters. The van der Waals surface area contributed by atoms with Gasteiger partial charge in [0.15, 0.2) is 11.4 Å². The van der Waals surface area contributed by atoms with E-state index in [2.05, 4.69) is 10.3 Å². The Morgan fingerprint density at radius 1 is 1.07 bits per heavy atom. The number of esters is 2. The summed E-state index contributed by atoms with van der Waals surface area (Å²) in [6.07, 6.45) is 2.29. The van der Waals surface area contributed by atoms with E-state index in [-0.39, 0.29) is 41.5 Å².